The molecular formula is C12H25NO. The van der Waals surface area contributed by atoms with Crippen molar-refractivity contribution in [2.75, 3.05) is 19.6 Å². The van der Waals surface area contributed by atoms with Crippen molar-refractivity contribution in [3.05, 3.63) is 0 Å². The van der Waals surface area contributed by atoms with E-state index < -0.39 is 0 Å². The number of nitrogens with zero attached hydrogens (tertiary/aromatic N) is 1. The summed E-state index contributed by atoms with van der Waals surface area (Å²) >= 11 is 0. The van der Waals surface area contributed by atoms with Crippen molar-refractivity contribution in [1.82, 2.24) is 4.90 Å². The van der Waals surface area contributed by atoms with Gasteiger partial charge in [0.2, 0.25) is 0 Å². The summed E-state index contributed by atoms with van der Waals surface area (Å²) < 4.78 is 0. The Morgan fingerprint density at radius 1 is 1.21 bits per heavy atom. The van der Waals surface area contributed by atoms with Gasteiger partial charge in [-0.1, -0.05) is 27.2 Å². The lowest BCUT2D eigenvalue weighted by Gasteiger charge is -2.28. The molecule has 1 unspecified atom stereocenters. The highest BCUT2D eigenvalue weighted by Crippen LogP contribution is 2.10. The summed E-state index contributed by atoms with van der Waals surface area (Å²) in [5.74, 6) is 0.545. The van der Waals surface area contributed by atoms with Crippen LogP contribution in [0.4, 0.5) is 0 Å². The Balaban J connectivity index is 0.000000791. The van der Waals surface area contributed by atoms with Crippen LogP contribution in [0.2, 0.25) is 0 Å². The van der Waals surface area contributed by atoms with Gasteiger partial charge in [-0.05, 0) is 32.9 Å². The van der Waals surface area contributed by atoms with Crippen molar-refractivity contribution in [2.45, 2.75) is 47.0 Å². The fraction of sp³-hybridized carbons (Fsp3) is 0.917. The van der Waals surface area contributed by atoms with Gasteiger partial charge in [0.25, 0.3) is 0 Å². The van der Waals surface area contributed by atoms with Crippen LogP contribution in [-0.4, -0.2) is 30.3 Å². The number of piperidine rings is 1. The van der Waals surface area contributed by atoms with E-state index in [9.17, 15) is 4.79 Å². The summed E-state index contributed by atoms with van der Waals surface area (Å²) in [6.45, 7) is 11.1. The van der Waals surface area contributed by atoms with Crippen LogP contribution in [0.25, 0.3) is 0 Å². The quantitative estimate of drug-likeness (QED) is 0.696. The molecule has 0 spiro atoms. The Kier molecular flexibility index (Phi) is 7.77. The normalized spacial score (nSPS) is 19.4. The smallest absolute Gasteiger partial charge is 0.133 e. The summed E-state index contributed by atoms with van der Waals surface area (Å²) in [6.07, 6.45) is 3.99. The molecule has 1 heterocycles. The predicted octanol–water partition coefficient (Wildman–Crippen LogP) is 2.72. The maximum atomic E-state index is 11.0. The van der Waals surface area contributed by atoms with Crippen LogP contribution in [0.3, 0.4) is 0 Å². The zero-order valence-corrected chi connectivity index (χ0v) is 10.2. The van der Waals surface area contributed by atoms with Gasteiger partial charge in [0.1, 0.15) is 5.78 Å². The van der Waals surface area contributed by atoms with Crippen molar-refractivity contribution >= 4 is 5.78 Å². The van der Waals surface area contributed by atoms with Gasteiger partial charge in [0.05, 0.1) is 0 Å². The van der Waals surface area contributed by atoms with E-state index >= 15 is 0 Å². The van der Waals surface area contributed by atoms with Crippen molar-refractivity contribution in [1.29, 1.82) is 0 Å². The molecule has 0 N–H and O–H groups in total. The summed E-state index contributed by atoms with van der Waals surface area (Å²) in [4.78, 5) is 13.4. The number of Topliss-reactive ketones (excluding diaryl/α,β-unsaturated/α-hetero) is 1. The number of carbonyl (C=O) groups excluding carboxylic acids is 1. The fourth-order valence-corrected chi connectivity index (χ4v) is 1.66. The van der Waals surface area contributed by atoms with Crippen LogP contribution in [0.5, 0.6) is 0 Å². The summed E-state index contributed by atoms with van der Waals surface area (Å²) in [5, 5.41) is 0. The Morgan fingerprint density at radius 2 is 1.71 bits per heavy atom. The van der Waals surface area contributed by atoms with E-state index in [1.165, 1.54) is 32.4 Å². The molecule has 14 heavy (non-hydrogen) atoms. The van der Waals surface area contributed by atoms with Gasteiger partial charge >= 0.3 is 0 Å². The van der Waals surface area contributed by atoms with Gasteiger partial charge < -0.3 is 4.90 Å². The number of hydrogen-bond acceptors (Lipinski definition) is 2. The molecule has 0 aromatic rings. The first-order valence-corrected chi connectivity index (χ1v) is 5.93. The molecule has 0 saturated carbocycles. The molecule has 1 aliphatic heterocycles. The second-order valence-electron chi connectivity index (χ2n) is 3.87. The van der Waals surface area contributed by atoms with Gasteiger partial charge in [-0.3, -0.25) is 4.79 Å². The van der Waals surface area contributed by atoms with Gasteiger partial charge in [-0.25, -0.2) is 0 Å². The van der Waals surface area contributed by atoms with Gasteiger partial charge in [0, 0.05) is 12.5 Å². The molecule has 1 saturated heterocycles. The molecule has 1 rings (SSSR count). The monoisotopic (exact) mass is 199 g/mol. The average molecular weight is 199 g/mol. The molecule has 1 fully saturated rings. The molecule has 0 bridgehead atoms. The van der Waals surface area contributed by atoms with Crippen LogP contribution >= 0.6 is 0 Å². The van der Waals surface area contributed by atoms with E-state index in [-0.39, 0.29) is 5.92 Å². The lowest BCUT2D eigenvalue weighted by atomic mass is 10.1. The zero-order valence-electron chi connectivity index (χ0n) is 10.2. The largest absolute Gasteiger partial charge is 0.303 e. The number of hydrogen-bond donors (Lipinski definition) is 0. The first-order chi connectivity index (χ1) is 6.70. The van der Waals surface area contributed by atoms with E-state index in [1.807, 2.05) is 20.8 Å². The minimum absolute atomic E-state index is 0.225. The molecule has 2 heteroatoms. The maximum Gasteiger partial charge on any atom is 0.133 e. The van der Waals surface area contributed by atoms with Crippen molar-refractivity contribution in [2.24, 2.45) is 5.92 Å². The van der Waals surface area contributed by atoms with Crippen LogP contribution in [0, 0.1) is 5.92 Å². The zero-order chi connectivity index (χ0) is 11.0. The highest BCUT2D eigenvalue weighted by Gasteiger charge is 2.15. The van der Waals surface area contributed by atoms with E-state index in [4.69, 9.17) is 0 Å². The molecule has 0 aliphatic carbocycles. The van der Waals surface area contributed by atoms with Crippen LogP contribution < -0.4 is 0 Å². The minimum Gasteiger partial charge on any atom is -0.303 e. The number of likely N-dealkylation sites (tertiary alicyclic amines) is 1. The first kappa shape index (κ1) is 13.6. The first-order valence-electron chi connectivity index (χ1n) is 5.93. The molecule has 84 valence electrons. The Hall–Kier alpha value is -0.370. The van der Waals surface area contributed by atoms with Gasteiger partial charge in [-0.15, -0.1) is 0 Å². The maximum absolute atomic E-state index is 11.0. The second-order valence-corrected chi connectivity index (χ2v) is 3.87. The molecular weight excluding hydrogens is 174 g/mol. The van der Waals surface area contributed by atoms with Gasteiger partial charge in [0.15, 0.2) is 0 Å². The number of carbonyl (C=O) groups is 1. The molecule has 2 nitrogen and oxygen atoms in total. The SMILES string of the molecule is CC.CC(=O)C(C)CN1CCCCC1. The molecule has 0 aromatic heterocycles. The lowest BCUT2D eigenvalue weighted by Crippen LogP contribution is -2.35. The van der Waals surface area contributed by atoms with Crippen LogP contribution in [0.1, 0.15) is 47.0 Å². The standard InChI is InChI=1S/C10H19NO.C2H6/c1-9(10(2)12)8-11-6-4-3-5-7-11;1-2/h9H,3-8H2,1-2H3;1-2H3. The topological polar surface area (TPSA) is 20.3 Å². The fourth-order valence-electron chi connectivity index (χ4n) is 1.66. The van der Waals surface area contributed by atoms with Crippen LogP contribution in [-0.2, 0) is 4.79 Å². The molecule has 1 atom stereocenters. The van der Waals surface area contributed by atoms with Crippen LogP contribution in [0.15, 0.2) is 0 Å². The van der Waals surface area contributed by atoms with E-state index in [1.54, 1.807) is 6.92 Å². The Morgan fingerprint density at radius 3 is 2.14 bits per heavy atom. The third-order valence-corrected chi connectivity index (χ3v) is 2.67. The third kappa shape index (κ3) is 5.38. The third-order valence-electron chi connectivity index (χ3n) is 2.67. The van der Waals surface area contributed by atoms with Crippen molar-refractivity contribution < 1.29 is 4.79 Å². The second kappa shape index (κ2) is 7.98. The van der Waals surface area contributed by atoms with E-state index in [2.05, 4.69) is 4.90 Å². The predicted molar refractivity (Wildman–Crippen MR) is 61.5 cm³/mol. The van der Waals surface area contributed by atoms with Crippen molar-refractivity contribution in [3.63, 3.8) is 0 Å². The Labute approximate surface area is 88.7 Å². The minimum atomic E-state index is 0.225. The van der Waals surface area contributed by atoms with E-state index in [0.29, 0.717) is 5.78 Å². The highest BCUT2D eigenvalue weighted by atomic mass is 16.1. The molecule has 0 radical (unpaired) electrons. The summed E-state index contributed by atoms with van der Waals surface area (Å²) in [7, 11) is 0. The summed E-state index contributed by atoms with van der Waals surface area (Å²) in [6, 6.07) is 0. The molecule has 0 aromatic carbocycles. The number of ketones is 1. The highest BCUT2D eigenvalue weighted by molar-refractivity contribution is 5.78. The Bertz CT molecular complexity index is 150. The van der Waals surface area contributed by atoms with E-state index in [0.717, 1.165) is 6.54 Å². The van der Waals surface area contributed by atoms with Gasteiger partial charge in [-0.2, -0.15) is 0 Å². The average Bonchev–Trinajstić information content (AvgIpc) is 2.22. The summed E-state index contributed by atoms with van der Waals surface area (Å²) in [5.41, 5.74) is 0. The molecule has 0 amide bonds. The number of rotatable bonds is 3. The lowest BCUT2D eigenvalue weighted by molar-refractivity contribution is -0.120. The van der Waals surface area contributed by atoms with Crippen molar-refractivity contribution in [3.8, 4) is 0 Å². The molecule has 1 aliphatic rings.